The van der Waals surface area contributed by atoms with E-state index in [4.69, 9.17) is 9.47 Å². The molecule has 0 amide bonds. The first kappa shape index (κ1) is 14.3. The van der Waals surface area contributed by atoms with E-state index in [2.05, 4.69) is 13.5 Å². The van der Waals surface area contributed by atoms with Gasteiger partial charge in [0, 0.05) is 5.41 Å². The fourth-order valence-electron chi connectivity index (χ4n) is 2.61. The average molecular weight is 238 g/mol. The third-order valence-corrected chi connectivity index (χ3v) is 3.84. The van der Waals surface area contributed by atoms with Gasteiger partial charge in [-0.25, -0.2) is 0 Å². The van der Waals surface area contributed by atoms with Crippen molar-refractivity contribution in [3.05, 3.63) is 25.0 Å². The quantitative estimate of drug-likeness (QED) is 0.380. The number of rotatable bonds is 7. The van der Waals surface area contributed by atoms with Gasteiger partial charge >= 0.3 is 0 Å². The minimum atomic E-state index is 0.195. The predicted molar refractivity (Wildman–Crippen MR) is 71.8 cm³/mol. The van der Waals surface area contributed by atoms with Gasteiger partial charge in [-0.15, -0.1) is 6.58 Å². The van der Waals surface area contributed by atoms with Crippen molar-refractivity contribution >= 4 is 0 Å². The SMILES string of the molecule is C=CCOCC1(COC=CC)CCCCC1C. The van der Waals surface area contributed by atoms with E-state index in [1.807, 2.05) is 19.1 Å². The Morgan fingerprint density at radius 2 is 2.18 bits per heavy atom. The Hall–Kier alpha value is -0.760. The highest BCUT2D eigenvalue weighted by Gasteiger charge is 2.39. The van der Waals surface area contributed by atoms with E-state index in [1.54, 1.807) is 6.26 Å². The average Bonchev–Trinajstić information content (AvgIpc) is 2.33. The van der Waals surface area contributed by atoms with Crippen molar-refractivity contribution in [1.29, 1.82) is 0 Å². The van der Waals surface area contributed by atoms with Crippen molar-refractivity contribution in [2.45, 2.75) is 39.5 Å². The Balaban J connectivity index is 2.57. The van der Waals surface area contributed by atoms with Gasteiger partial charge in [0.25, 0.3) is 0 Å². The Labute approximate surface area is 106 Å². The summed E-state index contributed by atoms with van der Waals surface area (Å²) in [6, 6.07) is 0. The zero-order valence-electron chi connectivity index (χ0n) is 11.3. The van der Waals surface area contributed by atoms with E-state index in [0.29, 0.717) is 12.5 Å². The summed E-state index contributed by atoms with van der Waals surface area (Å²) in [5.41, 5.74) is 0.195. The molecule has 98 valence electrons. The lowest BCUT2D eigenvalue weighted by atomic mass is 9.68. The van der Waals surface area contributed by atoms with Crippen LogP contribution in [0.5, 0.6) is 0 Å². The largest absolute Gasteiger partial charge is 0.501 e. The van der Waals surface area contributed by atoms with E-state index in [1.165, 1.54) is 25.7 Å². The zero-order valence-corrected chi connectivity index (χ0v) is 11.3. The summed E-state index contributed by atoms with van der Waals surface area (Å²) in [7, 11) is 0. The number of hydrogen-bond acceptors (Lipinski definition) is 2. The molecule has 2 unspecified atom stereocenters. The van der Waals surface area contributed by atoms with Gasteiger partial charge in [-0.2, -0.15) is 0 Å². The van der Waals surface area contributed by atoms with E-state index < -0.39 is 0 Å². The summed E-state index contributed by atoms with van der Waals surface area (Å²) in [4.78, 5) is 0. The molecule has 0 aromatic carbocycles. The first-order valence-corrected chi connectivity index (χ1v) is 6.66. The highest BCUT2D eigenvalue weighted by Crippen LogP contribution is 2.41. The van der Waals surface area contributed by atoms with Crippen molar-refractivity contribution in [2.24, 2.45) is 11.3 Å². The molecule has 1 aliphatic rings. The molecule has 0 N–H and O–H groups in total. The smallest absolute Gasteiger partial charge is 0.0953 e. The third kappa shape index (κ3) is 4.19. The second-order valence-corrected chi connectivity index (χ2v) is 5.09. The van der Waals surface area contributed by atoms with Gasteiger partial charge in [0.1, 0.15) is 0 Å². The van der Waals surface area contributed by atoms with Gasteiger partial charge in [0.05, 0.1) is 26.1 Å². The molecule has 0 aromatic heterocycles. The van der Waals surface area contributed by atoms with Crippen LogP contribution in [0, 0.1) is 11.3 Å². The molecule has 0 saturated heterocycles. The molecule has 0 bridgehead atoms. The molecule has 1 fully saturated rings. The van der Waals surface area contributed by atoms with Crippen LogP contribution < -0.4 is 0 Å². The molecule has 2 nitrogen and oxygen atoms in total. The van der Waals surface area contributed by atoms with Gasteiger partial charge in [-0.05, 0) is 25.7 Å². The second-order valence-electron chi connectivity index (χ2n) is 5.09. The Morgan fingerprint density at radius 3 is 2.82 bits per heavy atom. The highest BCUT2D eigenvalue weighted by molar-refractivity contribution is 4.89. The van der Waals surface area contributed by atoms with Crippen LogP contribution >= 0.6 is 0 Å². The van der Waals surface area contributed by atoms with Crippen LogP contribution in [0.15, 0.2) is 25.0 Å². The molecule has 1 saturated carbocycles. The minimum Gasteiger partial charge on any atom is -0.501 e. The Bertz CT molecular complexity index is 247. The first-order chi connectivity index (χ1) is 8.25. The summed E-state index contributed by atoms with van der Waals surface area (Å²) in [5.74, 6) is 0.673. The van der Waals surface area contributed by atoms with E-state index in [9.17, 15) is 0 Å². The van der Waals surface area contributed by atoms with Crippen LogP contribution in [0.1, 0.15) is 39.5 Å². The maximum Gasteiger partial charge on any atom is 0.0953 e. The highest BCUT2D eigenvalue weighted by atomic mass is 16.5. The van der Waals surface area contributed by atoms with E-state index >= 15 is 0 Å². The fourth-order valence-corrected chi connectivity index (χ4v) is 2.61. The van der Waals surface area contributed by atoms with Gasteiger partial charge in [-0.3, -0.25) is 0 Å². The van der Waals surface area contributed by atoms with Gasteiger partial charge in [0.15, 0.2) is 0 Å². The van der Waals surface area contributed by atoms with Crippen LogP contribution in [-0.2, 0) is 9.47 Å². The number of ether oxygens (including phenoxy) is 2. The molecule has 0 aromatic rings. The lowest BCUT2D eigenvalue weighted by Gasteiger charge is -2.41. The normalized spacial score (nSPS) is 29.4. The van der Waals surface area contributed by atoms with E-state index in [0.717, 1.165) is 13.2 Å². The Kier molecular flexibility index (Phi) is 6.35. The van der Waals surface area contributed by atoms with Crippen LogP contribution in [0.25, 0.3) is 0 Å². The molecule has 2 atom stereocenters. The molecular weight excluding hydrogens is 212 g/mol. The van der Waals surface area contributed by atoms with Crippen molar-refractivity contribution in [2.75, 3.05) is 19.8 Å². The van der Waals surface area contributed by atoms with Crippen molar-refractivity contribution in [1.82, 2.24) is 0 Å². The van der Waals surface area contributed by atoms with E-state index in [-0.39, 0.29) is 5.41 Å². The maximum absolute atomic E-state index is 5.70. The monoisotopic (exact) mass is 238 g/mol. The summed E-state index contributed by atoms with van der Waals surface area (Å²) in [6.45, 7) is 10.2. The lowest BCUT2D eigenvalue weighted by molar-refractivity contribution is -0.0454. The molecule has 0 spiro atoms. The van der Waals surface area contributed by atoms with Crippen molar-refractivity contribution in [3.63, 3.8) is 0 Å². The summed E-state index contributed by atoms with van der Waals surface area (Å²) in [6.07, 6.45) is 10.7. The van der Waals surface area contributed by atoms with Gasteiger partial charge in [0.2, 0.25) is 0 Å². The molecule has 1 rings (SSSR count). The van der Waals surface area contributed by atoms with Crippen LogP contribution in [0.3, 0.4) is 0 Å². The Morgan fingerprint density at radius 1 is 1.35 bits per heavy atom. The van der Waals surface area contributed by atoms with Gasteiger partial charge in [-0.1, -0.05) is 31.9 Å². The topological polar surface area (TPSA) is 18.5 Å². The summed E-state index contributed by atoms with van der Waals surface area (Å²) in [5, 5.41) is 0. The first-order valence-electron chi connectivity index (χ1n) is 6.66. The van der Waals surface area contributed by atoms with Crippen molar-refractivity contribution < 1.29 is 9.47 Å². The molecule has 17 heavy (non-hydrogen) atoms. The third-order valence-electron chi connectivity index (χ3n) is 3.84. The molecular formula is C15H26O2. The lowest BCUT2D eigenvalue weighted by Crippen LogP contribution is -2.40. The molecule has 2 heteroatoms. The molecule has 0 aliphatic heterocycles. The summed E-state index contributed by atoms with van der Waals surface area (Å²) < 4.78 is 11.3. The number of allylic oxidation sites excluding steroid dienone is 1. The predicted octanol–water partition coefficient (Wildman–Crippen LogP) is 3.94. The maximum atomic E-state index is 5.70. The standard InChI is InChI=1S/C15H26O2/c1-4-10-16-12-15(13-17-11-5-2)9-7-6-8-14(15)3/h4-5,11,14H,1,6-10,12-13H2,2-3H3. The van der Waals surface area contributed by atoms with Crippen LogP contribution in [-0.4, -0.2) is 19.8 Å². The molecule has 0 radical (unpaired) electrons. The van der Waals surface area contributed by atoms with Crippen molar-refractivity contribution in [3.8, 4) is 0 Å². The van der Waals surface area contributed by atoms with Gasteiger partial charge < -0.3 is 9.47 Å². The number of hydrogen-bond donors (Lipinski definition) is 0. The zero-order chi connectivity index (χ0) is 12.6. The minimum absolute atomic E-state index is 0.195. The fraction of sp³-hybridized carbons (Fsp3) is 0.733. The van der Waals surface area contributed by atoms with Crippen LogP contribution in [0.4, 0.5) is 0 Å². The van der Waals surface area contributed by atoms with Crippen LogP contribution in [0.2, 0.25) is 0 Å². The molecule has 0 heterocycles. The summed E-state index contributed by atoms with van der Waals surface area (Å²) >= 11 is 0. The molecule has 1 aliphatic carbocycles. The second kappa shape index (κ2) is 7.54.